The van der Waals surface area contributed by atoms with E-state index in [-0.39, 0.29) is 0 Å². The molecule has 1 atom stereocenters. The molecule has 2 N–H and O–H groups in total. The minimum Gasteiger partial charge on any atom is -0.327 e. The summed E-state index contributed by atoms with van der Waals surface area (Å²) in [7, 11) is 0. The Bertz CT molecular complexity index is 41.4. The van der Waals surface area contributed by atoms with Crippen LogP contribution in [0.25, 0.3) is 0 Å². The molecular formula is C6H15N. The molecule has 1 nitrogen and oxygen atoms in total. The second kappa shape index (κ2) is 3.03. The van der Waals surface area contributed by atoms with Crippen LogP contribution in [-0.2, 0) is 0 Å². The molecule has 0 heterocycles. The van der Waals surface area contributed by atoms with Crippen molar-refractivity contribution in [2.45, 2.75) is 33.2 Å². The normalized spacial score (nSPS) is 15.0. The van der Waals surface area contributed by atoms with Gasteiger partial charge in [0, 0.05) is 6.04 Å². The first-order valence-electron chi connectivity index (χ1n) is 2.94. The summed E-state index contributed by atoms with van der Waals surface area (Å²) in [4.78, 5) is 0. The molecule has 0 bridgehead atoms. The molecule has 0 fully saturated rings. The van der Waals surface area contributed by atoms with Crippen molar-refractivity contribution in [2.75, 3.05) is 0 Å². The van der Waals surface area contributed by atoms with Crippen molar-refractivity contribution in [3.63, 3.8) is 0 Å². The Morgan fingerprint density at radius 3 is 1.86 bits per heavy atom. The van der Waals surface area contributed by atoms with Crippen LogP contribution in [0.3, 0.4) is 0 Å². The maximum Gasteiger partial charge on any atom is 0.00592 e. The van der Waals surface area contributed by atoms with Gasteiger partial charge in [-0.1, -0.05) is 20.8 Å². The summed E-state index contributed by atoms with van der Waals surface area (Å²) in [5.74, 6) is 0.644. The third-order valence-electron chi connectivity index (χ3n) is 1.33. The molecule has 0 aliphatic rings. The molecular weight excluding hydrogens is 86.1 g/mol. The van der Waals surface area contributed by atoms with Crippen molar-refractivity contribution < 1.29 is 0 Å². The second-order valence-electron chi connectivity index (χ2n) is 2.32. The standard InChI is InChI=1S/C6H15N/c1-4-6(7)5(2)3/h5-6H,4,7H2,1-3H3. The van der Waals surface area contributed by atoms with Crippen molar-refractivity contribution in [2.24, 2.45) is 11.7 Å². The highest BCUT2D eigenvalue weighted by atomic mass is 14.6. The Labute approximate surface area is 45.9 Å². The van der Waals surface area contributed by atoms with Crippen LogP contribution in [0.4, 0.5) is 0 Å². The summed E-state index contributed by atoms with van der Waals surface area (Å²) < 4.78 is 0. The van der Waals surface area contributed by atoms with Gasteiger partial charge >= 0.3 is 0 Å². The first kappa shape index (κ1) is 6.96. The van der Waals surface area contributed by atoms with Gasteiger partial charge in [-0.05, 0) is 12.3 Å². The molecule has 0 radical (unpaired) electrons. The molecule has 1 heteroatoms. The van der Waals surface area contributed by atoms with E-state index in [0.717, 1.165) is 6.42 Å². The molecule has 0 rings (SSSR count). The van der Waals surface area contributed by atoms with Crippen LogP contribution < -0.4 is 5.73 Å². The first-order valence-corrected chi connectivity index (χ1v) is 2.94. The lowest BCUT2D eigenvalue weighted by atomic mass is 10.0. The molecule has 0 aromatic heterocycles. The fraction of sp³-hybridized carbons (Fsp3) is 1.00. The van der Waals surface area contributed by atoms with Crippen molar-refractivity contribution in [1.82, 2.24) is 0 Å². The van der Waals surface area contributed by atoms with Crippen LogP contribution in [0.1, 0.15) is 27.2 Å². The van der Waals surface area contributed by atoms with E-state index in [9.17, 15) is 0 Å². The van der Waals surface area contributed by atoms with Gasteiger partial charge in [-0.3, -0.25) is 0 Å². The van der Waals surface area contributed by atoms with E-state index < -0.39 is 0 Å². The van der Waals surface area contributed by atoms with Crippen LogP contribution in [-0.4, -0.2) is 6.04 Å². The van der Waals surface area contributed by atoms with Gasteiger partial charge in [-0.15, -0.1) is 0 Å². The molecule has 44 valence electrons. The van der Waals surface area contributed by atoms with Gasteiger partial charge < -0.3 is 5.73 Å². The highest BCUT2D eigenvalue weighted by Crippen LogP contribution is 1.99. The fourth-order valence-corrected chi connectivity index (χ4v) is 0.471. The highest BCUT2D eigenvalue weighted by molar-refractivity contribution is 4.60. The molecule has 1 unspecified atom stereocenters. The predicted molar refractivity (Wildman–Crippen MR) is 33.1 cm³/mol. The van der Waals surface area contributed by atoms with E-state index in [0.29, 0.717) is 12.0 Å². The fourth-order valence-electron chi connectivity index (χ4n) is 0.471. The number of nitrogens with two attached hydrogens (primary N) is 1. The summed E-state index contributed by atoms with van der Waals surface area (Å²) in [6.07, 6.45) is 1.09. The van der Waals surface area contributed by atoms with Crippen molar-refractivity contribution in [3.05, 3.63) is 0 Å². The van der Waals surface area contributed by atoms with Crippen LogP contribution in [0.15, 0.2) is 0 Å². The lowest BCUT2D eigenvalue weighted by Gasteiger charge is -2.10. The third-order valence-corrected chi connectivity index (χ3v) is 1.33. The van der Waals surface area contributed by atoms with Gasteiger partial charge in [0.15, 0.2) is 0 Å². The Hall–Kier alpha value is -0.0400. The summed E-state index contributed by atoms with van der Waals surface area (Å²) in [5.41, 5.74) is 5.62. The van der Waals surface area contributed by atoms with Crippen molar-refractivity contribution >= 4 is 0 Å². The van der Waals surface area contributed by atoms with Gasteiger partial charge in [0.1, 0.15) is 0 Å². The van der Waals surface area contributed by atoms with Crippen LogP contribution in [0.2, 0.25) is 0 Å². The lowest BCUT2D eigenvalue weighted by molar-refractivity contribution is 0.481. The number of rotatable bonds is 2. The van der Waals surface area contributed by atoms with Gasteiger partial charge in [-0.2, -0.15) is 0 Å². The second-order valence-corrected chi connectivity index (χ2v) is 2.32. The van der Waals surface area contributed by atoms with E-state index in [1.165, 1.54) is 0 Å². The maximum absolute atomic E-state index is 5.62. The molecule has 0 saturated carbocycles. The minimum atomic E-state index is 0.403. The van der Waals surface area contributed by atoms with E-state index in [2.05, 4.69) is 20.8 Å². The molecule has 0 spiro atoms. The van der Waals surface area contributed by atoms with E-state index >= 15 is 0 Å². The zero-order valence-electron chi connectivity index (χ0n) is 5.44. The highest BCUT2D eigenvalue weighted by Gasteiger charge is 2.01. The number of hydrogen-bond donors (Lipinski definition) is 1. The Morgan fingerprint density at radius 1 is 1.43 bits per heavy atom. The van der Waals surface area contributed by atoms with Gasteiger partial charge in [-0.25, -0.2) is 0 Å². The topological polar surface area (TPSA) is 26.0 Å². The smallest absolute Gasteiger partial charge is 0.00592 e. The monoisotopic (exact) mass is 101 g/mol. The van der Waals surface area contributed by atoms with E-state index in [1.807, 2.05) is 0 Å². The molecule has 7 heavy (non-hydrogen) atoms. The minimum absolute atomic E-state index is 0.403. The summed E-state index contributed by atoms with van der Waals surface area (Å²) >= 11 is 0. The average Bonchev–Trinajstić information content (AvgIpc) is 1.65. The SMILES string of the molecule is CCC(N)C(C)C. The zero-order valence-corrected chi connectivity index (χ0v) is 5.44. The van der Waals surface area contributed by atoms with E-state index in [1.54, 1.807) is 0 Å². The summed E-state index contributed by atoms with van der Waals surface area (Å²) in [5, 5.41) is 0. The molecule has 0 aromatic rings. The molecule has 0 aliphatic heterocycles. The van der Waals surface area contributed by atoms with Crippen LogP contribution in [0, 0.1) is 5.92 Å². The maximum atomic E-state index is 5.62. The van der Waals surface area contributed by atoms with Gasteiger partial charge in [0.25, 0.3) is 0 Å². The average molecular weight is 101 g/mol. The molecule has 0 aromatic carbocycles. The molecule has 0 saturated heterocycles. The quantitative estimate of drug-likeness (QED) is 0.558. The lowest BCUT2D eigenvalue weighted by Crippen LogP contribution is -2.24. The van der Waals surface area contributed by atoms with Gasteiger partial charge in [0.05, 0.1) is 0 Å². The zero-order chi connectivity index (χ0) is 5.86. The van der Waals surface area contributed by atoms with Crippen LogP contribution in [0.5, 0.6) is 0 Å². The van der Waals surface area contributed by atoms with E-state index in [4.69, 9.17) is 5.73 Å². The van der Waals surface area contributed by atoms with Gasteiger partial charge in [0.2, 0.25) is 0 Å². The summed E-state index contributed by atoms with van der Waals surface area (Å²) in [6, 6.07) is 0.403. The first-order chi connectivity index (χ1) is 3.18. The van der Waals surface area contributed by atoms with Crippen molar-refractivity contribution in [1.29, 1.82) is 0 Å². The van der Waals surface area contributed by atoms with Crippen LogP contribution >= 0.6 is 0 Å². The Kier molecular flexibility index (Phi) is 3.01. The third kappa shape index (κ3) is 2.63. The Balaban J connectivity index is 3.14. The molecule has 0 aliphatic carbocycles. The molecule has 0 amide bonds. The largest absolute Gasteiger partial charge is 0.327 e. The Morgan fingerprint density at radius 2 is 1.86 bits per heavy atom. The van der Waals surface area contributed by atoms with Crippen molar-refractivity contribution in [3.8, 4) is 0 Å². The summed E-state index contributed by atoms with van der Waals surface area (Å²) in [6.45, 7) is 6.41. The number of hydrogen-bond acceptors (Lipinski definition) is 1. The predicted octanol–water partition coefficient (Wildman–Crippen LogP) is 1.38.